The molecule has 1 aliphatic heterocycles. The average molecular weight is 480 g/mol. The molecule has 1 amide bonds. The summed E-state index contributed by atoms with van der Waals surface area (Å²) in [7, 11) is 0. The van der Waals surface area contributed by atoms with Crippen LogP contribution in [-0.4, -0.2) is 38.6 Å². The highest BCUT2D eigenvalue weighted by molar-refractivity contribution is 5.99. The monoisotopic (exact) mass is 479 g/mol. The summed E-state index contributed by atoms with van der Waals surface area (Å²) < 4.78 is 14.8. The number of rotatable bonds is 7. The zero-order valence-electron chi connectivity index (χ0n) is 20.2. The van der Waals surface area contributed by atoms with Crippen LogP contribution in [0.1, 0.15) is 54.9 Å². The maximum absolute atomic E-state index is 14.8. The molecule has 0 atom stereocenters. The summed E-state index contributed by atoms with van der Waals surface area (Å²) in [6.07, 6.45) is 2.19. The Morgan fingerprint density at radius 3 is 2.71 bits per heavy atom. The molecule has 0 aliphatic carbocycles. The van der Waals surface area contributed by atoms with Crippen LogP contribution in [-0.2, 0) is 18.6 Å². The average Bonchev–Trinajstić information content (AvgIpc) is 2.79. The minimum atomic E-state index is -1.15. The van der Waals surface area contributed by atoms with Crippen molar-refractivity contribution in [3.8, 4) is 0 Å². The van der Waals surface area contributed by atoms with E-state index in [1.54, 1.807) is 38.1 Å². The molecule has 0 spiro atoms. The van der Waals surface area contributed by atoms with Gasteiger partial charge in [-0.2, -0.15) is 4.98 Å². The number of pyridine rings is 1. The fraction of sp³-hybridized carbons (Fsp3) is 0.360. The van der Waals surface area contributed by atoms with Crippen molar-refractivity contribution in [2.75, 3.05) is 17.2 Å². The molecule has 4 rings (SSSR count). The SMILES string of the molecule is CC(C)NC(=O)c1cnc(Nc2cc3c(cc2F)CNCC3)nc1Nc1cccc(C(C)(C)O)n1. The van der Waals surface area contributed by atoms with Crippen LogP contribution >= 0.6 is 0 Å². The molecule has 10 heteroatoms. The number of carbonyl (C=O) groups excluding carboxylic acids is 1. The number of hydrogen-bond donors (Lipinski definition) is 5. The van der Waals surface area contributed by atoms with Crippen molar-refractivity contribution in [3.63, 3.8) is 0 Å². The maximum Gasteiger partial charge on any atom is 0.256 e. The summed E-state index contributed by atoms with van der Waals surface area (Å²) >= 11 is 0. The molecule has 1 aliphatic rings. The number of carbonyl (C=O) groups is 1. The topological polar surface area (TPSA) is 124 Å². The summed E-state index contributed by atoms with van der Waals surface area (Å²) in [5, 5.41) is 22.4. The first-order valence-corrected chi connectivity index (χ1v) is 11.5. The van der Waals surface area contributed by atoms with E-state index in [2.05, 4.69) is 36.2 Å². The van der Waals surface area contributed by atoms with Gasteiger partial charge in [0.05, 0.1) is 11.4 Å². The quantitative estimate of drug-likeness (QED) is 0.349. The molecule has 0 radical (unpaired) electrons. The number of nitrogens with one attached hydrogen (secondary N) is 4. The van der Waals surface area contributed by atoms with Crippen LogP contribution in [0.4, 0.5) is 27.7 Å². The molecule has 0 fully saturated rings. The Morgan fingerprint density at radius 1 is 1.17 bits per heavy atom. The predicted molar refractivity (Wildman–Crippen MR) is 132 cm³/mol. The van der Waals surface area contributed by atoms with Gasteiger partial charge in [0.2, 0.25) is 5.95 Å². The first-order valence-electron chi connectivity index (χ1n) is 11.5. The van der Waals surface area contributed by atoms with Gasteiger partial charge in [0.15, 0.2) is 0 Å². The van der Waals surface area contributed by atoms with Crippen molar-refractivity contribution in [1.29, 1.82) is 0 Å². The number of halogens is 1. The lowest BCUT2D eigenvalue weighted by molar-refractivity contribution is 0.0740. The number of nitrogens with zero attached hydrogens (tertiary/aromatic N) is 3. The minimum absolute atomic E-state index is 0.0936. The molecule has 2 aromatic heterocycles. The molecular formula is C25H30FN7O2. The third-order valence-corrected chi connectivity index (χ3v) is 5.50. The first kappa shape index (κ1) is 24.5. The molecule has 184 valence electrons. The van der Waals surface area contributed by atoms with Gasteiger partial charge in [-0.25, -0.2) is 14.4 Å². The Morgan fingerprint density at radius 2 is 1.97 bits per heavy atom. The van der Waals surface area contributed by atoms with Crippen LogP contribution in [0, 0.1) is 5.82 Å². The second kappa shape index (κ2) is 9.93. The Labute approximate surface area is 203 Å². The van der Waals surface area contributed by atoms with E-state index in [4.69, 9.17) is 0 Å². The van der Waals surface area contributed by atoms with Crippen LogP contribution in [0.2, 0.25) is 0 Å². The number of hydrogen-bond acceptors (Lipinski definition) is 8. The van der Waals surface area contributed by atoms with Crippen molar-refractivity contribution >= 4 is 29.2 Å². The Hall–Kier alpha value is -3.63. The van der Waals surface area contributed by atoms with E-state index in [9.17, 15) is 14.3 Å². The molecule has 0 saturated carbocycles. The van der Waals surface area contributed by atoms with E-state index >= 15 is 0 Å². The molecule has 3 aromatic rings. The fourth-order valence-corrected chi connectivity index (χ4v) is 3.73. The van der Waals surface area contributed by atoms with Crippen LogP contribution in [0.5, 0.6) is 0 Å². The number of benzene rings is 1. The van der Waals surface area contributed by atoms with Crippen LogP contribution in [0.25, 0.3) is 0 Å². The highest BCUT2D eigenvalue weighted by atomic mass is 19.1. The number of aliphatic hydroxyl groups is 1. The number of anilines is 4. The highest BCUT2D eigenvalue weighted by Crippen LogP contribution is 2.27. The highest BCUT2D eigenvalue weighted by Gasteiger charge is 2.21. The van der Waals surface area contributed by atoms with Crippen molar-refractivity contribution in [1.82, 2.24) is 25.6 Å². The predicted octanol–water partition coefficient (Wildman–Crippen LogP) is 3.51. The van der Waals surface area contributed by atoms with Crippen molar-refractivity contribution in [2.24, 2.45) is 0 Å². The smallest absolute Gasteiger partial charge is 0.256 e. The van der Waals surface area contributed by atoms with E-state index in [1.807, 2.05) is 13.8 Å². The first-order chi connectivity index (χ1) is 16.6. The molecule has 3 heterocycles. The Balaban J connectivity index is 1.68. The summed E-state index contributed by atoms with van der Waals surface area (Å²) in [4.78, 5) is 25.9. The molecule has 35 heavy (non-hydrogen) atoms. The lowest BCUT2D eigenvalue weighted by atomic mass is 10.00. The van der Waals surface area contributed by atoms with Gasteiger partial charge in [-0.1, -0.05) is 6.07 Å². The third-order valence-electron chi connectivity index (χ3n) is 5.50. The van der Waals surface area contributed by atoms with Crippen LogP contribution in [0.15, 0.2) is 36.5 Å². The molecular weight excluding hydrogens is 449 g/mol. The zero-order valence-corrected chi connectivity index (χ0v) is 20.2. The fourth-order valence-electron chi connectivity index (χ4n) is 3.73. The number of fused-ring (bicyclic) bond motifs is 1. The van der Waals surface area contributed by atoms with Crippen molar-refractivity contribution in [2.45, 2.75) is 52.3 Å². The normalized spacial score (nSPS) is 13.3. The van der Waals surface area contributed by atoms with Gasteiger partial charge in [-0.05, 0) is 76.1 Å². The van der Waals surface area contributed by atoms with Crippen LogP contribution < -0.4 is 21.3 Å². The van der Waals surface area contributed by atoms with Crippen molar-refractivity contribution < 1.29 is 14.3 Å². The summed E-state index contributed by atoms with van der Waals surface area (Å²) in [5.41, 5.74) is 1.77. The van der Waals surface area contributed by atoms with E-state index in [0.717, 1.165) is 24.1 Å². The van der Waals surface area contributed by atoms with Gasteiger partial charge in [0.1, 0.15) is 28.6 Å². The van der Waals surface area contributed by atoms with E-state index in [1.165, 1.54) is 12.3 Å². The van der Waals surface area contributed by atoms with E-state index in [0.29, 0.717) is 18.1 Å². The van der Waals surface area contributed by atoms with Gasteiger partial charge in [0.25, 0.3) is 5.91 Å². The maximum atomic E-state index is 14.8. The Kier molecular flexibility index (Phi) is 6.95. The molecule has 5 N–H and O–H groups in total. The molecule has 1 aromatic carbocycles. The molecule has 0 unspecified atom stereocenters. The molecule has 0 saturated heterocycles. The third kappa shape index (κ3) is 5.90. The van der Waals surface area contributed by atoms with Gasteiger partial charge < -0.3 is 26.4 Å². The van der Waals surface area contributed by atoms with Gasteiger partial charge in [-0.15, -0.1) is 0 Å². The van der Waals surface area contributed by atoms with Gasteiger partial charge in [0, 0.05) is 18.8 Å². The summed E-state index contributed by atoms with van der Waals surface area (Å²) in [5.74, 6) is -0.0594. The minimum Gasteiger partial charge on any atom is -0.384 e. The Bertz CT molecular complexity index is 1240. The lowest BCUT2D eigenvalue weighted by Crippen LogP contribution is -2.31. The van der Waals surface area contributed by atoms with E-state index in [-0.39, 0.29) is 35.0 Å². The van der Waals surface area contributed by atoms with E-state index < -0.39 is 11.4 Å². The zero-order chi connectivity index (χ0) is 25.2. The van der Waals surface area contributed by atoms with Gasteiger partial charge >= 0.3 is 0 Å². The molecule has 9 nitrogen and oxygen atoms in total. The largest absolute Gasteiger partial charge is 0.384 e. The summed E-state index contributed by atoms with van der Waals surface area (Å²) in [6, 6.07) is 8.34. The van der Waals surface area contributed by atoms with Crippen molar-refractivity contribution in [3.05, 3.63) is 64.7 Å². The molecule has 0 bridgehead atoms. The second-order valence-corrected chi connectivity index (χ2v) is 9.33. The number of aromatic nitrogens is 3. The second-order valence-electron chi connectivity index (χ2n) is 9.33. The standard InChI is InChI=1S/C25H30FN7O2/c1-14(2)29-23(34)17-13-28-24(30-19-11-15-8-9-27-12-16(15)10-18(19)26)33-22(17)32-21-7-5-6-20(31-21)25(3,4)35/h5-7,10-11,13-14,27,35H,8-9,12H2,1-4H3,(H,29,34)(H2,28,30,31,32,33). The lowest BCUT2D eigenvalue weighted by Gasteiger charge is -2.19. The van der Waals surface area contributed by atoms with Crippen LogP contribution in [0.3, 0.4) is 0 Å². The van der Waals surface area contributed by atoms with Gasteiger partial charge in [-0.3, -0.25) is 4.79 Å². The summed E-state index contributed by atoms with van der Waals surface area (Å²) in [6.45, 7) is 8.44. The number of amides is 1.